The maximum absolute atomic E-state index is 14.0. The van der Waals surface area contributed by atoms with Gasteiger partial charge in [0.1, 0.15) is 17.2 Å². The summed E-state index contributed by atoms with van der Waals surface area (Å²) < 4.78 is 24.6. The molecule has 0 aliphatic carbocycles. The second kappa shape index (κ2) is 7.57. The van der Waals surface area contributed by atoms with Crippen LogP contribution < -0.4 is 5.32 Å². The van der Waals surface area contributed by atoms with Crippen molar-refractivity contribution in [2.75, 3.05) is 13.7 Å². The van der Waals surface area contributed by atoms with Crippen molar-refractivity contribution in [1.82, 2.24) is 10.5 Å². The molecule has 0 aliphatic heterocycles. The number of methoxy groups -OCH3 is 1. The fourth-order valence-corrected chi connectivity index (χ4v) is 2.62. The number of benzene rings is 1. The SMILES string of the molecule is CO[C@@](C)(CNC(=O)CCc1c(C)noc1C)c1ccccc1F. The van der Waals surface area contributed by atoms with Crippen LogP contribution in [0, 0.1) is 19.7 Å². The maximum atomic E-state index is 14.0. The van der Waals surface area contributed by atoms with Crippen molar-refractivity contribution in [3.8, 4) is 0 Å². The van der Waals surface area contributed by atoms with Crippen LogP contribution in [0.15, 0.2) is 28.8 Å². The summed E-state index contributed by atoms with van der Waals surface area (Å²) in [6, 6.07) is 6.41. The lowest BCUT2D eigenvalue weighted by Crippen LogP contribution is -2.40. The van der Waals surface area contributed by atoms with E-state index in [1.165, 1.54) is 13.2 Å². The van der Waals surface area contributed by atoms with E-state index in [9.17, 15) is 9.18 Å². The average molecular weight is 334 g/mol. The summed E-state index contributed by atoms with van der Waals surface area (Å²) in [4.78, 5) is 12.1. The quantitative estimate of drug-likeness (QED) is 0.845. The lowest BCUT2D eigenvalue weighted by atomic mass is 9.95. The molecule has 6 heteroatoms. The molecule has 0 unspecified atom stereocenters. The van der Waals surface area contributed by atoms with Gasteiger partial charge >= 0.3 is 0 Å². The number of nitrogens with zero attached hydrogens (tertiary/aromatic N) is 1. The molecule has 0 spiro atoms. The zero-order chi connectivity index (χ0) is 17.7. The molecule has 2 rings (SSSR count). The molecule has 24 heavy (non-hydrogen) atoms. The van der Waals surface area contributed by atoms with Crippen molar-refractivity contribution < 1.29 is 18.4 Å². The molecule has 1 heterocycles. The number of halogens is 1. The van der Waals surface area contributed by atoms with Gasteiger partial charge in [-0.1, -0.05) is 23.4 Å². The van der Waals surface area contributed by atoms with Crippen molar-refractivity contribution in [2.45, 2.75) is 39.2 Å². The Morgan fingerprint density at radius 3 is 2.67 bits per heavy atom. The van der Waals surface area contributed by atoms with E-state index in [1.807, 2.05) is 13.8 Å². The number of carbonyl (C=O) groups excluding carboxylic acids is 1. The number of carbonyl (C=O) groups is 1. The standard InChI is InChI=1S/C18H23FN2O3/c1-12-14(13(2)24-21-12)9-10-17(22)20-11-18(3,23-4)15-7-5-6-8-16(15)19/h5-8H,9-11H2,1-4H3,(H,20,22)/t18-/m0/s1. The normalized spacial score (nSPS) is 13.5. The molecule has 0 saturated heterocycles. The van der Waals surface area contributed by atoms with Gasteiger partial charge in [0, 0.05) is 24.7 Å². The summed E-state index contributed by atoms with van der Waals surface area (Å²) in [5, 5.41) is 6.69. The molecule has 0 aliphatic rings. The summed E-state index contributed by atoms with van der Waals surface area (Å²) in [7, 11) is 1.50. The van der Waals surface area contributed by atoms with Crippen LogP contribution in [0.25, 0.3) is 0 Å². The number of aryl methyl sites for hydroxylation is 2. The van der Waals surface area contributed by atoms with Crippen LogP contribution in [-0.4, -0.2) is 24.7 Å². The van der Waals surface area contributed by atoms with Gasteiger partial charge in [-0.05, 0) is 33.3 Å². The van der Waals surface area contributed by atoms with Crippen molar-refractivity contribution in [1.29, 1.82) is 0 Å². The van der Waals surface area contributed by atoms with Gasteiger partial charge in [-0.2, -0.15) is 0 Å². The number of hydrogen-bond acceptors (Lipinski definition) is 4. The fraction of sp³-hybridized carbons (Fsp3) is 0.444. The molecule has 2 aromatic rings. The van der Waals surface area contributed by atoms with Crippen molar-refractivity contribution >= 4 is 5.91 Å². The van der Waals surface area contributed by atoms with Gasteiger partial charge in [0.15, 0.2) is 0 Å². The Bertz CT molecular complexity index is 695. The molecule has 1 atom stereocenters. The molecule has 130 valence electrons. The Morgan fingerprint density at radius 2 is 2.08 bits per heavy atom. The Labute approximate surface area is 141 Å². The highest BCUT2D eigenvalue weighted by Crippen LogP contribution is 2.26. The van der Waals surface area contributed by atoms with E-state index >= 15 is 0 Å². The van der Waals surface area contributed by atoms with Crippen LogP contribution in [0.4, 0.5) is 4.39 Å². The van der Waals surface area contributed by atoms with Crippen molar-refractivity contribution in [3.63, 3.8) is 0 Å². The van der Waals surface area contributed by atoms with E-state index in [0.29, 0.717) is 18.4 Å². The lowest BCUT2D eigenvalue weighted by Gasteiger charge is -2.29. The largest absolute Gasteiger partial charge is 0.372 e. The Balaban J connectivity index is 1.95. The minimum atomic E-state index is -0.927. The third-order valence-corrected chi connectivity index (χ3v) is 4.30. The predicted octanol–water partition coefficient (Wildman–Crippen LogP) is 3.04. The highest BCUT2D eigenvalue weighted by Gasteiger charge is 2.29. The van der Waals surface area contributed by atoms with Crippen molar-refractivity contribution in [3.05, 3.63) is 52.7 Å². The molecule has 1 aromatic heterocycles. The molecule has 0 radical (unpaired) electrons. The molecule has 1 N–H and O–H groups in total. The monoisotopic (exact) mass is 334 g/mol. The first-order valence-electron chi connectivity index (χ1n) is 7.86. The second-order valence-corrected chi connectivity index (χ2v) is 5.99. The summed E-state index contributed by atoms with van der Waals surface area (Å²) in [5.41, 5.74) is 1.24. The van der Waals surface area contributed by atoms with Crippen LogP contribution in [0.3, 0.4) is 0 Å². The van der Waals surface area contributed by atoms with Gasteiger partial charge in [0.05, 0.1) is 12.2 Å². The average Bonchev–Trinajstić information content (AvgIpc) is 2.89. The van der Waals surface area contributed by atoms with E-state index in [1.54, 1.807) is 25.1 Å². The molecule has 1 aromatic carbocycles. The Morgan fingerprint density at radius 1 is 1.38 bits per heavy atom. The Kier molecular flexibility index (Phi) is 5.72. The van der Waals surface area contributed by atoms with E-state index < -0.39 is 5.60 Å². The van der Waals surface area contributed by atoms with Crippen LogP contribution >= 0.6 is 0 Å². The summed E-state index contributed by atoms with van der Waals surface area (Å²) in [5.74, 6) is 0.245. The highest BCUT2D eigenvalue weighted by molar-refractivity contribution is 5.76. The molecular weight excluding hydrogens is 311 g/mol. The van der Waals surface area contributed by atoms with Gasteiger partial charge < -0.3 is 14.6 Å². The van der Waals surface area contributed by atoms with Crippen LogP contribution in [-0.2, 0) is 21.6 Å². The number of rotatable bonds is 7. The lowest BCUT2D eigenvalue weighted by molar-refractivity contribution is -0.122. The molecule has 0 fully saturated rings. The van der Waals surface area contributed by atoms with Crippen LogP contribution in [0.1, 0.15) is 35.9 Å². The smallest absolute Gasteiger partial charge is 0.220 e. The van der Waals surface area contributed by atoms with E-state index in [2.05, 4.69) is 10.5 Å². The molecule has 5 nitrogen and oxygen atoms in total. The highest BCUT2D eigenvalue weighted by atomic mass is 19.1. The summed E-state index contributed by atoms with van der Waals surface area (Å²) >= 11 is 0. The fourth-order valence-electron chi connectivity index (χ4n) is 2.62. The number of amides is 1. The van der Waals surface area contributed by atoms with Gasteiger partial charge in [-0.3, -0.25) is 4.79 Å². The second-order valence-electron chi connectivity index (χ2n) is 5.99. The third kappa shape index (κ3) is 4.00. The number of hydrogen-bond donors (Lipinski definition) is 1. The first-order valence-corrected chi connectivity index (χ1v) is 7.86. The molecule has 0 bridgehead atoms. The first kappa shape index (κ1) is 18.1. The third-order valence-electron chi connectivity index (χ3n) is 4.30. The van der Waals surface area contributed by atoms with Gasteiger partial charge in [-0.25, -0.2) is 4.39 Å². The van der Waals surface area contributed by atoms with E-state index in [-0.39, 0.29) is 18.3 Å². The number of nitrogens with one attached hydrogen (secondary N) is 1. The molecule has 1 amide bonds. The first-order chi connectivity index (χ1) is 11.4. The summed E-state index contributed by atoms with van der Waals surface area (Å²) in [6.45, 7) is 5.61. The van der Waals surface area contributed by atoms with Crippen LogP contribution in [0.5, 0.6) is 0 Å². The zero-order valence-electron chi connectivity index (χ0n) is 14.5. The Hall–Kier alpha value is -2.21. The molecular formula is C18H23FN2O3. The topological polar surface area (TPSA) is 64.4 Å². The van der Waals surface area contributed by atoms with E-state index in [0.717, 1.165) is 17.0 Å². The maximum Gasteiger partial charge on any atom is 0.220 e. The predicted molar refractivity (Wildman–Crippen MR) is 88.1 cm³/mol. The van der Waals surface area contributed by atoms with Gasteiger partial charge in [0.2, 0.25) is 5.91 Å². The molecule has 0 saturated carbocycles. The minimum Gasteiger partial charge on any atom is -0.372 e. The number of aromatic nitrogens is 1. The van der Waals surface area contributed by atoms with Crippen LogP contribution in [0.2, 0.25) is 0 Å². The van der Waals surface area contributed by atoms with Gasteiger partial charge in [-0.15, -0.1) is 0 Å². The zero-order valence-corrected chi connectivity index (χ0v) is 14.5. The minimum absolute atomic E-state index is 0.130. The van der Waals surface area contributed by atoms with E-state index in [4.69, 9.17) is 9.26 Å². The van der Waals surface area contributed by atoms with Gasteiger partial charge in [0.25, 0.3) is 0 Å². The number of ether oxygens (including phenoxy) is 1. The van der Waals surface area contributed by atoms with Crippen molar-refractivity contribution in [2.24, 2.45) is 0 Å². The summed E-state index contributed by atoms with van der Waals surface area (Å²) in [6.07, 6.45) is 0.857.